The zero-order valence-electron chi connectivity index (χ0n) is 10.7. The molecule has 0 radical (unpaired) electrons. The van der Waals surface area contributed by atoms with Crippen LogP contribution in [0.3, 0.4) is 0 Å². The van der Waals surface area contributed by atoms with Gasteiger partial charge in [0.2, 0.25) is 0 Å². The molecule has 100 valence electrons. The van der Waals surface area contributed by atoms with Crippen molar-refractivity contribution in [3.8, 4) is 0 Å². The first kappa shape index (κ1) is 14.9. The molecule has 1 aromatic carbocycles. The third-order valence-corrected chi connectivity index (χ3v) is 2.95. The average molecular weight is 274 g/mol. The molecule has 1 atom stereocenters. The molecule has 0 saturated carbocycles. The standard InChI is InChI=1S/C13H17ClFNO2/c1-9(13(17)18-3)7-16(2)8-10-5-4-6-11(14)12(10)15/h4-6,9H,7-8H2,1-3H3. The van der Waals surface area contributed by atoms with Crippen LogP contribution in [0.5, 0.6) is 0 Å². The predicted molar refractivity (Wildman–Crippen MR) is 68.9 cm³/mol. The number of nitrogens with zero attached hydrogens (tertiary/aromatic N) is 1. The summed E-state index contributed by atoms with van der Waals surface area (Å²) in [5, 5.41) is 0.113. The lowest BCUT2D eigenvalue weighted by atomic mass is 10.1. The molecule has 0 aliphatic heterocycles. The lowest BCUT2D eigenvalue weighted by Gasteiger charge is -2.20. The van der Waals surface area contributed by atoms with Crippen LogP contribution in [-0.2, 0) is 16.1 Å². The van der Waals surface area contributed by atoms with Crippen LogP contribution in [0.25, 0.3) is 0 Å². The zero-order valence-corrected chi connectivity index (χ0v) is 11.5. The molecule has 3 nitrogen and oxygen atoms in total. The fourth-order valence-corrected chi connectivity index (χ4v) is 1.96. The van der Waals surface area contributed by atoms with Crippen LogP contribution in [0.2, 0.25) is 5.02 Å². The highest BCUT2D eigenvalue weighted by atomic mass is 35.5. The summed E-state index contributed by atoms with van der Waals surface area (Å²) in [6.07, 6.45) is 0. The summed E-state index contributed by atoms with van der Waals surface area (Å²) in [6.45, 7) is 2.67. The van der Waals surface area contributed by atoms with Crippen molar-refractivity contribution >= 4 is 17.6 Å². The third kappa shape index (κ3) is 3.96. The Hall–Kier alpha value is -1.13. The number of benzene rings is 1. The maximum atomic E-state index is 13.7. The molecule has 0 spiro atoms. The molecule has 1 unspecified atom stereocenters. The monoisotopic (exact) mass is 273 g/mol. The van der Waals surface area contributed by atoms with Crippen LogP contribution in [-0.4, -0.2) is 31.6 Å². The molecule has 0 bridgehead atoms. The van der Waals surface area contributed by atoms with E-state index in [2.05, 4.69) is 4.74 Å². The maximum absolute atomic E-state index is 13.7. The van der Waals surface area contributed by atoms with E-state index in [1.54, 1.807) is 19.1 Å². The van der Waals surface area contributed by atoms with Crippen molar-refractivity contribution in [3.63, 3.8) is 0 Å². The van der Waals surface area contributed by atoms with Gasteiger partial charge in [-0.25, -0.2) is 4.39 Å². The summed E-state index contributed by atoms with van der Waals surface area (Å²) in [7, 11) is 3.18. The Balaban J connectivity index is 2.62. The van der Waals surface area contributed by atoms with Crippen LogP contribution in [0.4, 0.5) is 4.39 Å². The van der Waals surface area contributed by atoms with Crippen molar-refractivity contribution in [2.75, 3.05) is 20.7 Å². The molecule has 0 saturated heterocycles. The summed E-state index contributed by atoms with van der Waals surface area (Å²) in [5.41, 5.74) is 0.516. The van der Waals surface area contributed by atoms with Crippen LogP contribution in [0.1, 0.15) is 12.5 Å². The quantitative estimate of drug-likeness (QED) is 0.773. The van der Waals surface area contributed by atoms with Gasteiger partial charge in [-0.1, -0.05) is 30.7 Å². The summed E-state index contributed by atoms with van der Waals surface area (Å²) in [4.78, 5) is 13.1. The Morgan fingerprint density at radius 2 is 2.22 bits per heavy atom. The topological polar surface area (TPSA) is 29.5 Å². The van der Waals surface area contributed by atoms with Gasteiger partial charge in [0.15, 0.2) is 0 Å². The molecule has 1 rings (SSSR count). The van der Waals surface area contributed by atoms with Gasteiger partial charge in [-0.3, -0.25) is 4.79 Å². The summed E-state index contributed by atoms with van der Waals surface area (Å²) >= 11 is 5.71. The van der Waals surface area contributed by atoms with Crippen molar-refractivity contribution < 1.29 is 13.9 Å². The Morgan fingerprint density at radius 1 is 1.56 bits per heavy atom. The Labute approximate surface area is 111 Å². The second kappa shape index (κ2) is 6.71. The number of rotatable bonds is 5. The van der Waals surface area contributed by atoms with E-state index in [1.165, 1.54) is 13.2 Å². The van der Waals surface area contributed by atoms with Crippen molar-refractivity contribution in [1.82, 2.24) is 4.90 Å². The Morgan fingerprint density at radius 3 is 2.83 bits per heavy atom. The number of hydrogen-bond acceptors (Lipinski definition) is 3. The Kier molecular flexibility index (Phi) is 5.56. The molecule has 0 aliphatic carbocycles. The summed E-state index contributed by atoms with van der Waals surface area (Å²) < 4.78 is 18.3. The minimum absolute atomic E-state index is 0.113. The fourth-order valence-electron chi connectivity index (χ4n) is 1.77. The van der Waals surface area contributed by atoms with Gasteiger partial charge in [-0.2, -0.15) is 0 Å². The minimum Gasteiger partial charge on any atom is -0.469 e. The van der Waals surface area contributed by atoms with Gasteiger partial charge in [0.1, 0.15) is 5.82 Å². The molecule has 5 heteroatoms. The smallest absolute Gasteiger partial charge is 0.309 e. The number of carbonyl (C=O) groups is 1. The largest absolute Gasteiger partial charge is 0.469 e. The summed E-state index contributed by atoms with van der Waals surface area (Å²) in [5.74, 6) is -0.924. The van der Waals surface area contributed by atoms with Gasteiger partial charge in [0, 0.05) is 18.7 Å². The number of carbonyl (C=O) groups excluding carboxylic acids is 1. The number of halogens is 2. The van der Waals surface area contributed by atoms with E-state index >= 15 is 0 Å². The minimum atomic E-state index is -0.406. The molecule has 18 heavy (non-hydrogen) atoms. The van der Waals surface area contributed by atoms with Crippen LogP contribution >= 0.6 is 11.6 Å². The fraction of sp³-hybridized carbons (Fsp3) is 0.462. The van der Waals surface area contributed by atoms with Crippen LogP contribution in [0.15, 0.2) is 18.2 Å². The van der Waals surface area contributed by atoms with E-state index in [4.69, 9.17) is 11.6 Å². The van der Waals surface area contributed by atoms with Gasteiger partial charge in [0.25, 0.3) is 0 Å². The molecule has 0 fully saturated rings. The molecule has 0 heterocycles. The molecule has 0 N–H and O–H groups in total. The first-order valence-corrected chi connectivity index (χ1v) is 6.02. The maximum Gasteiger partial charge on any atom is 0.309 e. The highest BCUT2D eigenvalue weighted by Crippen LogP contribution is 2.19. The van der Waals surface area contributed by atoms with E-state index in [0.29, 0.717) is 18.7 Å². The number of methoxy groups -OCH3 is 1. The van der Waals surface area contributed by atoms with Gasteiger partial charge >= 0.3 is 5.97 Å². The van der Waals surface area contributed by atoms with Gasteiger partial charge in [0.05, 0.1) is 18.1 Å². The number of esters is 1. The lowest BCUT2D eigenvalue weighted by Crippen LogP contribution is -2.29. The van der Waals surface area contributed by atoms with E-state index < -0.39 is 5.82 Å². The van der Waals surface area contributed by atoms with Crippen molar-refractivity contribution in [2.45, 2.75) is 13.5 Å². The molecular weight excluding hydrogens is 257 g/mol. The second-order valence-electron chi connectivity index (χ2n) is 4.33. The van der Waals surface area contributed by atoms with Crippen LogP contribution < -0.4 is 0 Å². The van der Waals surface area contributed by atoms with E-state index in [-0.39, 0.29) is 16.9 Å². The van der Waals surface area contributed by atoms with Crippen molar-refractivity contribution in [2.24, 2.45) is 5.92 Å². The number of ether oxygens (including phenoxy) is 1. The molecule has 1 aromatic rings. The first-order chi connectivity index (χ1) is 8.45. The number of hydrogen-bond donors (Lipinski definition) is 0. The highest BCUT2D eigenvalue weighted by Gasteiger charge is 2.16. The lowest BCUT2D eigenvalue weighted by molar-refractivity contribution is -0.145. The van der Waals surface area contributed by atoms with Gasteiger partial charge < -0.3 is 9.64 Å². The second-order valence-corrected chi connectivity index (χ2v) is 4.74. The first-order valence-electron chi connectivity index (χ1n) is 5.65. The van der Waals surface area contributed by atoms with E-state index in [9.17, 15) is 9.18 Å². The molecular formula is C13H17ClFNO2. The van der Waals surface area contributed by atoms with E-state index in [1.807, 2.05) is 11.9 Å². The SMILES string of the molecule is COC(=O)C(C)CN(C)Cc1cccc(Cl)c1F. The predicted octanol–water partition coefficient (Wildman–Crippen LogP) is 2.72. The highest BCUT2D eigenvalue weighted by molar-refractivity contribution is 6.30. The Bertz CT molecular complexity index is 425. The van der Waals surface area contributed by atoms with Crippen LogP contribution in [0, 0.1) is 11.7 Å². The van der Waals surface area contributed by atoms with Crippen molar-refractivity contribution in [1.29, 1.82) is 0 Å². The van der Waals surface area contributed by atoms with Crippen molar-refractivity contribution in [3.05, 3.63) is 34.6 Å². The van der Waals surface area contributed by atoms with Gasteiger partial charge in [-0.05, 0) is 13.1 Å². The molecule has 0 amide bonds. The van der Waals surface area contributed by atoms with E-state index in [0.717, 1.165) is 0 Å². The summed E-state index contributed by atoms with van der Waals surface area (Å²) in [6, 6.07) is 4.90. The normalized spacial score (nSPS) is 12.6. The zero-order chi connectivity index (χ0) is 13.7. The average Bonchev–Trinajstić information content (AvgIpc) is 2.33. The molecule has 0 aromatic heterocycles. The molecule has 0 aliphatic rings. The van der Waals surface area contributed by atoms with Gasteiger partial charge in [-0.15, -0.1) is 0 Å². The third-order valence-electron chi connectivity index (χ3n) is 2.66.